The van der Waals surface area contributed by atoms with Crippen LogP contribution < -0.4 is 5.32 Å². The van der Waals surface area contributed by atoms with Crippen LogP contribution in [-0.2, 0) is 20.9 Å². The molecule has 4 aromatic rings. The lowest BCUT2D eigenvalue weighted by Crippen LogP contribution is -2.29. The molecule has 1 N–H and O–H groups in total. The van der Waals surface area contributed by atoms with Crippen LogP contribution in [0.5, 0.6) is 0 Å². The number of hydrogen-bond donors (Lipinski definition) is 1. The minimum atomic E-state index is -0.573. The van der Waals surface area contributed by atoms with Crippen molar-refractivity contribution in [2.24, 2.45) is 0 Å². The van der Waals surface area contributed by atoms with Gasteiger partial charge in [0.1, 0.15) is 5.82 Å². The number of esters is 1. The van der Waals surface area contributed by atoms with Gasteiger partial charge in [-0.05, 0) is 42.3 Å². The van der Waals surface area contributed by atoms with Crippen LogP contribution in [0.2, 0.25) is 0 Å². The molecule has 1 amide bonds. The highest BCUT2D eigenvalue weighted by atomic mass is 32.2. The van der Waals surface area contributed by atoms with E-state index in [1.54, 1.807) is 22.8 Å². The number of amides is 1. The van der Waals surface area contributed by atoms with Crippen LogP contribution >= 0.6 is 11.8 Å². The summed E-state index contributed by atoms with van der Waals surface area (Å²) in [4.78, 5) is 24.4. The van der Waals surface area contributed by atoms with Crippen LogP contribution in [0, 0.1) is 12.7 Å². The molecule has 1 aromatic heterocycles. The van der Waals surface area contributed by atoms with Gasteiger partial charge in [0.15, 0.2) is 17.6 Å². The lowest BCUT2D eigenvalue weighted by atomic mass is 10.1. The number of halogens is 1. The summed E-state index contributed by atoms with van der Waals surface area (Å²) in [6.07, 6.45) is 0. The number of rotatable bonds is 9. The van der Waals surface area contributed by atoms with Gasteiger partial charge in [-0.2, -0.15) is 0 Å². The van der Waals surface area contributed by atoms with Crippen molar-refractivity contribution in [1.82, 2.24) is 20.1 Å². The van der Waals surface area contributed by atoms with E-state index >= 15 is 0 Å². The van der Waals surface area contributed by atoms with Crippen molar-refractivity contribution in [3.05, 3.63) is 95.8 Å². The van der Waals surface area contributed by atoms with E-state index in [1.165, 1.54) is 6.07 Å². The van der Waals surface area contributed by atoms with Crippen molar-refractivity contribution < 1.29 is 18.7 Å². The molecule has 0 saturated carbocycles. The molecular formula is C26H23FN4O3S. The Morgan fingerprint density at radius 1 is 0.971 bits per heavy atom. The Bertz CT molecular complexity index is 1330. The maximum atomic E-state index is 14.5. The molecule has 0 aliphatic heterocycles. The number of carbonyl (C=O) groups is 2. The quantitative estimate of drug-likeness (QED) is 0.278. The molecule has 0 unspecified atom stereocenters. The maximum absolute atomic E-state index is 14.5. The summed E-state index contributed by atoms with van der Waals surface area (Å²) in [6, 6.07) is 23.3. The molecule has 0 bridgehead atoms. The first-order chi connectivity index (χ1) is 17.0. The number of nitrogens with one attached hydrogen (secondary N) is 1. The fraction of sp³-hybridized carbons (Fsp3) is 0.154. The zero-order valence-corrected chi connectivity index (χ0v) is 19.8. The van der Waals surface area contributed by atoms with E-state index in [0.717, 1.165) is 28.6 Å². The lowest BCUT2D eigenvalue weighted by Gasteiger charge is -2.11. The largest absolute Gasteiger partial charge is 0.455 e. The van der Waals surface area contributed by atoms with Gasteiger partial charge in [0.25, 0.3) is 5.91 Å². The first-order valence-electron chi connectivity index (χ1n) is 10.9. The highest BCUT2D eigenvalue weighted by molar-refractivity contribution is 7.99. The number of carbonyl (C=O) groups excluding carboxylic acids is 2. The predicted molar refractivity (Wildman–Crippen MR) is 131 cm³/mol. The molecule has 35 heavy (non-hydrogen) atoms. The van der Waals surface area contributed by atoms with Gasteiger partial charge in [-0.25, -0.2) is 4.39 Å². The van der Waals surface area contributed by atoms with E-state index in [4.69, 9.17) is 4.74 Å². The molecular weight excluding hydrogens is 467 g/mol. The molecule has 1 heterocycles. The Balaban J connectivity index is 1.38. The molecule has 7 nitrogen and oxygen atoms in total. The summed E-state index contributed by atoms with van der Waals surface area (Å²) >= 11 is 1.10. The molecule has 3 aromatic carbocycles. The summed E-state index contributed by atoms with van der Waals surface area (Å²) in [6.45, 7) is 1.94. The number of benzene rings is 3. The number of nitrogens with zero attached hydrogens (tertiary/aromatic N) is 3. The average molecular weight is 491 g/mol. The van der Waals surface area contributed by atoms with Crippen LogP contribution in [0.1, 0.15) is 11.1 Å². The van der Waals surface area contributed by atoms with Gasteiger partial charge in [0, 0.05) is 12.2 Å². The minimum Gasteiger partial charge on any atom is -0.455 e. The van der Waals surface area contributed by atoms with Gasteiger partial charge in [-0.1, -0.05) is 66.4 Å². The molecule has 0 aliphatic rings. The van der Waals surface area contributed by atoms with Crippen LogP contribution in [-0.4, -0.2) is 39.0 Å². The monoisotopic (exact) mass is 490 g/mol. The van der Waals surface area contributed by atoms with Crippen molar-refractivity contribution in [2.75, 3.05) is 12.4 Å². The molecule has 178 valence electrons. The second-order valence-electron chi connectivity index (χ2n) is 7.61. The second kappa shape index (κ2) is 11.4. The third-order valence-corrected chi connectivity index (χ3v) is 6.09. The van der Waals surface area contributed by atoms with Crippen molar-refractivity contribution in [3.8, 4) is 17.1 Å². The fourth-order valence-corrected chi connectivity index (χ4v) is 4.10. The number of thioether (sulfide) groups is 1. The highest BCUT2D eigenvalue weighted by Crippen LogP contribution is 2.29. The Kier molecular flexibility index (Phi) is 7.89. The van der Waals surface area contributed by atoms with Crippen LogP contribution in [0.4, 0.5) is 4.39 Å². The van der Waals surface area contributed by atoms with E-state index in [0.29, 0.717) is 23.1 Å². The third-order valence-electron chi connectivity index (χ3n) is 5.18. The molecule has 0 aliphatic carbocycles. The second-order valence-corrected chi connectivity index (χ2v) is 8.55. The summed E-state index contributed by atoms with van der Waals surface area (Å²) in [5.41, 5.74) is 3.08. The summed E-state index contributed by atoms with van der Waals surface area (Å²) < 4.78 is 21.3. The Morgan fingerprint density at radius 3 is 2.46 bits per heavy atom. The third kappa shape index (κ3) is 6.13. The van der Waals surface area contributed by atoms with Crippen molar-refractivity contribution in [1.29, 1.82) is 0 Å². The number of aryl methyl sites for hydroxylation is 1. The molecule has 0 saturated heterocycles. The van der Waals surface area contributed by atoms with E-state index in [1.807, 2.05) is 61.5 Å². The first kappa shape index (κ1) is 24.2. The summed E-state index contributed by atoms with van der Waals surface area (Å²) in [5, 5.41) is 11.5. The van der Waals surface area contributed by atoms with E-state index in [-0.39, 0.29) is 18.3 Å². The van der Waals surface area contributed by atoms with Crippen LogP contribution in [0.15, 0.2) is 84.0 Å². The zero-order valence-electron chi connectivity index (χ0n) is 19.0. The molecule has 0 fully saturated rings. The minimum absolute atomic E-state index is 0.0900. The van der Waals surface area contributed by atoms with Gasteiger partial charge in [0.05, 0.1) is 11.3 Å². The first-order valence-corrected chi connectivity index (χ1v) is 11.9. The van der Waals surface area contributed by atoms with Gasteiger partial charge < -0.3 is 10.1 Å². The SMILES string of the molecule is Cc1ccccc1CNC(=O)COC(=O)CSc1nnc(-c2ccccc2F)n1-c1ccccc1. The van der Waals surface area contributed by atoms with E-state index in [9.17, 15) is 14.0 Å². The predicted octanol–water partition coefficient (Wildman–Crippen LogP) is 4.33. The Labute approximate surface area is 206 Å². The number of ether oxygens (including phenoxy) is 1. The van der Waals surface area contributed by atoms with Crippen molar-refractivity contribution in [3.63, 3.8) is 0 Å². The molecule has 4 rings (SSSR count). The van der Waals surface area contributed by atoms with E-state index < -0.39 is 11.8 Å². The molecule has 0 atom stereocenters. The molecule has 0 radical (unpaired) electrons. The Hall–Kier alpha value is -3.98. The number of para-hydroxylation sites is 1. The van der Waals surface area contributed by atoms with Crippen LogP contribution in [0.3, 0.4) is 0 Å². The molecule has 0 spiro atoms. The standard InChI is InChI=1S/C26H23FN4O3S/c1-18-9-5-6-10-19(18)15-28-23(32)16-34-24(33)17-35-26-30-29-25(21-13-7-8-14-22(21)27)31(26)20-11-3-2-4-12-20/h2-14H,15-17H2,1H3,(H,28,32). The lowest BCUT2D eigenvalue weighted by molar-refractivity contribution is -0.145. The summed E-state index contributed by atoms with van der Waals surface area (Å²) in [7, 11) is 0. The molecule has 9 heteroatoms. The van der Waals surface area contributed by atoms with Crippen molar-refractivity contribution >= 4 is 23.6 Å². The Morgan fingerprint density at radius 2 is 1.69 bits per heavy atom. The van der Waals surface area contributed by atoms with Crippen molar-refractivity contribution in [2.45, 2.75) is 18.6 Å². The van der Waals surface area contributed by atoms with Gasteiger partial charge in [-0.15, -0.1) is 10.2 Å². The number of aromatic nitrogens is 3. The van der Waals surface area contributed by atoms with Gasteiger partial charge >= 0.3 is 5.97 Å². The summed E-state index contributed by atoms with van der Waals surface area (Å²) in [5.74, 6) is -1.16. The van der Waals surface area contributed by atoms with Gasteiger partial charge in [0.2, 0.25) is 0 Å². The number of hydrogen-bond acceptors (Lipinski definition) is 6. The fourth-order valence-electron chi connectivity index (χ4n) is 3.35. The van der Waals surface area contributed by atoms with Crippen LogP contribution in [0.25, 0.3) is 17.1 Å². The van der Waals surface area contributed by atoms with Gasteiger partial charge in [-0.3, -0.25) is 14.2 Å². The smallest absolute Gasteiger partial charge is 0.316 e. The average Bonchev–Trinajstić information content (AvgIpc) is 3.30. The zero-order chi connectivity index (χ0) is 24.6. The maximum Gasteiger partial charge on any atom is 0.316 e. The highest BCUT2D eigenvalue weighted by Gasteiger charge is 2.20. The normalized spacial score (nSPS) is 10.7. The topological polar surface area (TPSA) is 86.1 Å². The van der Waals surface area contributed by atoms with E-state index in [2.05, 4.69) is 15.5 Å².